The number of carbonyl (C=O) groups is 1. The molecule has 0 aliphatic carbocycles. The van der Waals surface area contributed by atoms with Crippen LogP contribution in [-0.2, 0) is 13.8 Å². The van der Waals surface area contributed by atoms with Gasteiger partial charge in [0.1, 0.15) is 17.8 Å². The third-order valence-electron chi connectivity index (χ3n) is 3.16. The van der Waals surface area contributed by atoms with Crippen LogP contribution in [0.4, 0.5) is 0 Å². The van der Waals surface area contributed by atoms with Crippen molar-refractivity contribution in [1.29, 1.82) is 0 Å². The number of hydrogen-bond donors (Lipinski definition) is 4. The largest absolute Gasteiger partial charge is 0.469 e. The molecule has 0 aromatic carbocycles. The summed E-state index contributed by atoms with van der Waals surface area (Å²) in [5.41, 5.74) is 5.34. The van der Waals surface area contributed by atoms with Gasteiger partial charge in [-0.05, 0) is 6.07 Å². The molecule has 1 aromatic rings. The van der Waals surface area contributed by atoms with Gasteiger partial charge in [0.25, 0.3) is 12.1 Å². The molecule has 1 saturated heterocycles. The highest BCUT2D eigenvalue weighted by atomic mass is 35.5. The summed E-state index contributed by atoms with van der Waals surface area (Å²) in [7, 11) is -4.74. The first-order chi connectivity index (χ1) is 10.5. The van der Waals surface area contributed by atoms with Crippen molar-refractivity contribution >= 4 is 36.9 Å². The van der Waals surface area contributed by atoms with Crippen molar-refractivity contribution in [3.63, 3.8) is 0 Å². The zero-order valence-electron chi connectivity index (χ0n) is 11.5. The summed E-state index contributed by atoms with van der Waals surface area (Å²) < 4.78 is 20.0. The van der Waals surface area contributed by atoms with Crippen molar-refractivity contribution < 1.29 is 38.1 Å². The molecular formula is C11H14Cl2N2O7P+. The molecular weight excluding hydrogens is 374 g/mol. The Bertz CT molecular complexity index is 653. The highest BCUT2D eigenvalue weighted by molar-refractivity contribution is 7.46. The molecule has 0 saturated carbocycles. The minimum atomic E-state index is -4.74. The Morgan fingerprint density at radius 1 is 1.52 bits per heavy atom. The molecule has 2 rings (SSSR count). The Balaban J connectivity index is 2.24. The normalized spacial score (nSPS) is 27.1. The third-order valence-corrected chi connectivity index (χ3v) is 4.47. The first kappa shape index (κ1) is 18.6. The van der Waals surface area contributed by atoms with E-state index >= 15 is 0 Å². The van der Waals surface area contributed by atoms with E-state index in [0.29, 0.717) is 0 Å². The van der Waals surface area contributed by atoms with Crippen LogP contribution in [-0.4, -0.2) is 43.9 Å². The number of pyridine rings is 1. The van der Waals surface area contributed by atoms with E-state index in [9.17, 15) is 14.5 Å². The minimum Gasteiger partial charge on any atom is -0.387 e. The molecule has 128 valence electrons. The fraction of sp³-hybridized carbons (Fsp3) is 0.455. The number of alkyl halides is 2. The summed E-state index contributed by atoms with van der Waals surface area (Å²) in [6.45, 7) is -0.626. The summed E-state index contributed by atoms with van der Waals surface area (Å²) in [5, 5.41) is 10.1. The molecule has 1 aliphatic heterocycles. The molecule has 3 atom stereocenters. The number of hydrogen-bond acceptors (Lipinski definition) is 5. The van der Waals surface area contributed by atoms with Crippen LogP contribution in [0.25, 0.3) is 0 Å². The summed E-state index contributed by atoms with van der Waals surface area (Å²) in [6, 6.07) is 2.96. The van der Waals surface area contributed by atoms with Crippen LogP contribution in [0.15, 0.2) is 24.5 Å². The molecule has 1 aliphatic rings. The lowest BCUT2D eigenvalue weighted by molar-refractivity contribution is -0.760. The van der Waals surface area contributed by atoms with Crippen molar-refractivity contribution in [2.24, 2.45) is 5.73 Å². The molecule has 2 heterocycles. The lowest BCUT2D eigenvalue weighted by Crippen LogP contribution is -2.49. The van der Waals surface area contributed by atoms with Crippen LogP contribution in [0.3, 0.4) is 0 Å². The van der Waals surface area contributed by atoms with E-state index in [4.69, 9.17) is 43.5 Å². The van der Waals surface area contributed by atoms with Gasteiger partial charge < -0.3 is 25.4 Å². The average molecular weight is 388 g/mol. The Hall–Kier alpha value is -0.770. The van der Waals surface area contributed by atoms with Crippen LogP contribution in [0.2, 0.25) is 0 Å². The number of amides is 1. The molecule has 1 fully saturated rings. The Kier molecular flexibility index (Phi) is 5.34. The monoisotopic (exact) mass is 387 g/mol. The quantitative estimate of drug-likeness (QED) is 0.306. The zero-order chi connectivity index (χ0) is 17.4. The fourth-order valence-corrected chi connectivity index (χ4v) is 3.03. The zero-order valence-corrected chi connectivity index (χ0v) is 13.9. The average Bonchev–Trinajstić information content (AvgIpc) is 2.67. The molecule has 1 aromatic heterocycles. The van der Waals surface area contributed by atoms with E-state index in [1.165, 1.54) is 29.1 Å². The highest BCUT2D eigenvalue weighted by Gasteiger charge is 2.60. The predicted molar refractivity (Wildman–Crippen MR) is 77.5 cm³/mol. The van der Waals surface area contributed by atoms with Crippen molar-refractivity contribution in [3.8, 4) is 0 Å². The number of primary amides is 1. The molecule has 23 heavy (non-hydrogen) atoms. The maximum Gasteiger partial charge on any atom is 0.469 e. The number of ether oxygens (including phenoxy) is 1. The summed E-state index contributed by atoms with van der Waals surface area (Å²) in [5.74, 6) is -0.686. The second kappa shape index (κ2) is 6.62. The number of phosphoric ester groups is 1. The van der Waals surface area contributed by atoms with Gasteiger partial charge in [-0.25, -0.2) is 4.57 Å². The second-order valence-electron chi connectivity index (χ2n) is 4.84. The Labute approximate surface area is 140 Å². The minimum absolute atomic E-state index is 0.157. The lowest BCUT2D eigenvalue weighted by atomic mass is 10.1. The SMILES string of the molecule is NC(=O)c1ccc[n+]([C@@H]2O[C@H](COP(=O)(O)O)[C@H](O)C2(Cl)Cl)c1. The topological polar surface area (TPSA) is 143 Å². The van der Waals surface area contributed by atoms with Crippen LogP contribution in [0.1, 0.15) is 16.6 Å². The lowest BCUT2D eigenvalue weighted by Gasteiger charge is -2.19. The summed E-state index contributed by atoms with van der Waals surface area (Å²) >= 11 is 12.2. The van der Waals surface area contributed by atoms with Crippen molar-refractivity contribution in [1.82, 2.24) is 0 Å². The van der Waals surface area contributed by atoms with Crippen LogP contribution in [0, 0.1) is 0 Å². The molecule has 0 bridgehead atoms. The number of aliphatic hydroxyl groups excluding tert-OH is 1. The molecule has 0 radical (unpaired) electrons. The van der Waals surface area contributed by atoms with Gasteiger partial charge in [0.15, 0.2) is 12.4 Å². The van der Waals surface area contributed by atoms with E-state index in [1.807, 2.05) is 0 Å². The number of nitrogens with zero attached hydrogens (tertiary/aromatic N) is 1. The van der Waals surface area contributed by atoms with Crippen LogP contribution < -0.4 is 10.3 Å². The van der Waals surface area contributed by atoms with Gasteiger partial charge in [-0.1, -0.05) is 23.2 Å². The van der Waals surface area contributed by atoms with Crippen LogP contribution in [0.5, 0.6) is 0 Å². The number of carbonyl (C=O) groups excluding carboxylic acids is 1. The summed E-state index contributed by atoms with van der Waals surface area (Å²) in [6.07, 6.45) is -1.01. The highest BCUT2D eigenvalue weighted by Crippen LogP contribution is 2.45. The summed E-state index contributed by atoms with van der Waals surface area (Å²) in [4.78, 5) is 28.6. The molecule has 0 spiro atoms. The van der Waals surface area contributed by atoms with E-state index in [-0.39, 0.29) is 5.56 Å². The number of rotatable bonds is 5. The van der Waals surface area contributed by atoms with Crippen molar-refractivity contribution in [3.05, 3.63) is 30.1 Å². The van der Waals surface area contributed by atoms with Crippen molar-refractivity contribution in [2.45, 2.75) is 22.8 Å². The maximum absolute atomic E-state index is 11.2. The van der Waals surface area contributed by atoms with E-state index < -0.39 is 43.1 Å². The van der Waals surface area contributed by atoms with Gasteiger partial charge in [0.2, 0.25) is 4.33 Å². The first-order valence-corrected chi connectivity index (χ1v) is 8.53. The molecule has 9 nitrogen and oxygen atoms in total. The molecule has 12 heteroatoms. The second-order valence-corrected chi connectivity index (χ2v) is 7.52. The Morgan fingerprint density at radius 3 is 2.74 bits per heavy atom. The smallest absolute Gasteiger partial charge is 0.387 e. The van der Waals surface area contributed by atoms with Gasteiger partial charge in [-0.15, -0.1) is 0 Å². The van der Waals surface area contributed by atoms with Gasteiger partial charge in [0, 0.05) is 6.07 Å². The van der Waals surface area contributed by atoms with E-state index in [2.05, 4.69) is 4.52 Å². The van der Waals surface area contributed by atoms with E-state index in [1.54, 1.807) is 0 Å². The molecule has 0 unspecified atom stereocenters. The number of phosphoric acid groups is 1. The number of nitrogens with two attached hydrogens (primary N) is 1. The van der Waals surface area contributed by atoms with Gasteiger partial charge in [-0.2, -0.15) is 4.57 Å². The van der Waals surface area contributed by atoms with Gasteiger partial charge in [0.05, 0.1) is 6.61 Å². The number of halogens is 2. The van der Waals surface area contributed by atoms with Crippen molar-refractivity contribution in [2.75, 3.05) is 6.61 Å². The van der Waals surface area contributed by atoms with E-state index in [0.717, 1.165) is 0 Å². The third kappa shape index (κ3) is 4.20. The van der Waals surface area contributed by atoms with Gasteiger partial charge >= 0.3 is 7.82 Å². The number of aliphatic hydroxyl groups is 1. The molecule has 1 amide bonds. The van der Waals surface area contributed by atoms with Gasteiger partial charge in [-0.3, -0.25) is 9.32 Å². The first-order valence-electron chi connectivity index (χ1n) is 6.24. The maximum atomic E-state index is 11.2. The predicted octanol–water partition coefficient (Wildman–Crippen LogP) is -0.385. The Morgan fingerprint density at radius 2 is 2.17 bits per heavy atom. The van der Waals surface area contributed by atoms with Crippen LogP contribution >= 0.6 is 31.0 Å². The fourth-order valence-electron chi connectivity index (χ4n) is 2.08. The molecule has 5 N–H and O–H groups in total. The number of aromatic nitrogens is 1. The standard InChI is InChI=1S/C11H13Cl2N2O7P/c12-11(13)8(16)7(5-21-23(18,19)20)22-10(11)15-3-1-2-6(4-15)9(14)17/h1-4,7-8,10,16H,5H2,(H3-,14,17,18,19,20)/p+1/t7-,8+,10-/m1/s1.